The molecule has 34 heavy (non-hydrogen) atoms. The van der Waals surface area contributed by atoms with E-state index in [1.54, 1.807) is 0 Å². The number of ether oxygens (including phenoxy) is 7. The fraction of sp³-hybridized carbons (Fsp3) is 0.588. The largest absolute Gasteiger partial charge is 0.469 e. The summed E-state index contributed by atoms with van der Waals surface area (Å²) in [5, 5.41) is 0. The van der Waals surface area contributed by atoms with Crippen molar-refractivity contribution in [3.8, 4) is 0 Å². The summed E-state index contributed by atoms with van der Waals surface area (Å²) in [5.41, 5.74) is -2.32. The summed E-state index contributed by atoms with van der Waals surface area (Å²) < 4.78 is 28.2. The van der Waals surface area contributed by atoms with E-state index < -0.39 is 28.2 Å². The summed E-state index contributed by atoms with van der Waals surface area (Å²) in [6.45, 7) is 2.72. The highest BCUT2D eigenvalue weighted by molar-refractivity contribution is 6.61. The number of carbonyl (C=O) groups is 7. The van der Waals surface area contributed by atoms with E-state index >= 15 is 0 Å². The molecule has 0 bridgehead atoms. The second kappa shape index (κ2) is 37.5. The van der Waals surface area contributed by atoms with Crippen LogP contribution in [0.4, 0.5) is 14.4 Å². The lowest BCUT2D eigenvalue weighted by atomic mass is 10.4. The molecule has 14 nitrogen and oxygen atoms in total. The highest BCUT2D eigenvalue weighted by atomic mass is 35.5. The van der Waals surface area contributed by atoms with Crippen molar-refractivity contribution in [1.82, 2.24) is 0 Å². The minimum absolute atomic E-state index is 0.245. The van der Waals surface area contributed by atoms with Gasteiger partial charge in [0.2, 0.25) is 0 Å². The Morgan fingerprint density at radius 2 is 0.588 bits per heavy atom. The fourth-order valence-electron chi connectivity index (χ4n) is 0.262. The predicted molar refractivity (Wildman–Crippen MR) is 119 cm³/mol. The van der Waals surface area contributed by atoms with E-state index in [-0.39, 0.29) is 18.4 Å². The van der Waals surface area contributed by atoms with Crippen LogP contribution in [0.1, 0.15) is 20.3 Å². The summed E-state index contributed by atoms with van der Waals surface area (Å²) in [6, 6.07) is 0. The second-order valence-electron chi connectivity index (χ2n) is 4.05. The first-order valence-corrected chi connectivity index (χ1v) is 9.12. The lowest BCUT2D eigenvalue weighted by Gasteiger charge is -1.95. The Balaban J connectivity index is -0.0000000707. The maximum atomic E-state index is 10.3. The highest BCUT2D eigenvalue weighted by Gasteiger charge is 2.07. The van der Waals surface area contributed by atoms with Crippen LogP contribution in [0.2, 0.25) is 0 Å². The Morgan fingerprint density at radius 1 is 0.441 bits per heavy atom. The third kappa shape index (κ3) is 101. The van der Waals surface area contributed by atoms with Crippen LogP contribution >= 0.6 is 34.8 Å². The minimum Gasteiger partial charge on any atom is -0.469 e. The van der Waals surface area contributed by atoms with Crippen LogP contribution in [0.25, 0.3) is 0 Å². The van der Waals surface area contributed by atoms with Crippen LogP contribution in [-0.4, -0.2) is 89.9 Å². The second-order valence-corrected chi connectivity index (χ2v) is 4.97. The van der Waals surface area contributed by atoms with Crippen molar-refractivity contribution >= 4 is 75.0 Å². The number of rotatable bonds is 2. The fourth-order valence-corrected chi connectivity index (χ4v) is 0.262. The lowest BCUT2D eigenvalue weighted by Crippen LogP contribution is -2.09. The molecule has 0 aliphatic heterocycles. The Kier molecular flexibility index (Phi) is 49.4. The summed E-state index contributed by atoms with van der Waals surface area (Å²) >= 11 is 13.8. The third-order valence-electron chi connectivity index (χ3n) is 1.80. The van der Waals surface area contributed by atoms with E-state index in [1.165, 1.54) is 63.6 Å². The van der Waals surface area contributed by atoms with Gasteiger partial charge in [0.25, 0.3) is 0 Å². The van der Waals surface area contributed by atoms with E-state index in [4.69, 9.17) is 0 Å². The minimum atomic E-state index is -0.773. The van der Waals surface area contributed by atoms with Gasteiger partial charge in [-0.2, -0.15) is 0 Å². The third-order valence-corrected chi connectivity index (χ3v) is 2.26. The van der Waals surface area contributed by atoms with Gasteiger partial charge in [0.1, 0.15) is 6.42 Å². The van der Waals surface area contributed by atoms with Crippen molar-refractivity contribution in [2.75, 3.05) is 49.8 Å². The number of halogens is 3. The van der Waals surface area contributed by atoms with Crippen molar-refractivity contribution in [3.63, 3.8) is 0 Å². The first-order chi connectivity index (χ1) is 15.6. The number of hydrogen-bond acceptors (Lipinski definition) is 14. The van der Waals surface area contributed by atoms with Crippen LogP contribution in [0.15, 0.2) is 0 Å². The smallest absolute Gasteiger partial charge is 0.403 e. The van der Waals surface area contributed by atoms with E-state index in [1.807, 2.05) is 0 Å². The van der Waals surface area contributed by atoms with Crippen molar-refractivity contribution in [1.29, 1.82) is 0 Å². The summed E-state index contributed by atoms with van der Waals surface area (Å²) in [7, 11) is 8.78. The summed E-state index contributed by atoms with van der Waals surface area (Å²) in [5.74, 6) is -1.65. The van der Waals surface area contributed by atoms with E-state index in [9.17, 15) is 33.6 Å². The Labute approximate surface area is 211 Å². The zero-order valence-corrected chi connectivity index (χ0v) is 22.3. The van der Waals surface area contributed by atoms with Crippen molar-refractivity contribution in [2.45, 2.75) is 20.3 Å². The molecular weight excluding hydrogens is 535 g/mol. The van der Waals surface area contributed by atoms with Gasteiger partial charge in [-0.15, -0.1) is 0 Å². The number of methoxy groups -OCH3 is 7. The number of esters is 4. The summed E-state index contributed by atoms with van der Waals surface area (Å²) in [6.07, 6.45) is -0.312. The van der Waals surface area contributed by atoms with Gasteiger partial charge in [0.05, 0.1) is 49.8 Å². The van der Waals surface area contributed by atoms with Gasteiger partial charge >= 0.3 is 40.2 Å². The molecule has 0 aromatic rings. The molecule has 0 aliphatic rings. The van der Waals surface area contributed by atoms with Crippen LogP contribution in [0.3, 0.4) is 0 Å². The standard InChI is InChI=1S/C5H8O4.2C3H6O2.3C2H3ClO2/c1-8-4(6)3-5(7)9-2;2*1-3(4)5-2;3*1-5-2(3)4/h3H2,1-2H3;2*1-2H3;3*1H3. The Hall–Kier alpha value is -2.84. The maximum Gasteiger partial charge on any atom is 0.403 e. The van der Waals surface area contributed by atoms with Gasteiger partial charge in [0, 0.05) is 48.7 Å². The van der Waals surface area contributed by atoms with Gasteiger partial charge in [-0.05, 0) is 0 Å². The normalized spacial score (nSPS) is 7.18. The molecule has 0 spiro atoms. The van der Waals surface area contributed by atoms with Crippen LogP contribution < -0.4 is 0 Å². The first-order valence-electron chi connectivity index (χ1n) is 7.99. The van der Waals surface area contributed by atoms with E-state index in [0.717, 1.165) is 0 Å². The van der Waals surface area contributed by atoms with Crippen molar-refractivity contribution < 1.29 is 66.7 Å². The molecule has 0 aromatic carbocycles. The summed E-state index contributed by atoms with van der Waals surface area (Å²) in [4.78, 5) is 67.8. The Bertz CT molecular complexity index is 487. The molecular formula is C17H29Cl3O14. The maximum absolute atomic E-state index is 10.3. The van der Waals surface area contributed by atoms with E-state index in [2.05, 4.69) is 68.0 Å². The van der Waals surface area contributed by atoms with Crippen molar-refractivity contribution in [3.05, 3.63) is 0 Å². The molecule has 0 unspecified atom stereocenters. The van der Waals surface area contributed by atoms with Gasteiger partial charge in [-0.3, -0.25) is 19.2 Å². The Morgan fingerprint density at radius 3 is 0.647 bits per heavy atom. The first kappa shape index (κ1) is 44.8. The van der Waals surface area contributed by atoms with Gasteiger partial charge in [0.15, 0.2) is 0 Å². The van der Waals surface area contributed by atoms with Crippen molar-refractivity contribution in [2.24, 2.45) is 0 Å². The quantitative estimate of drug-likeness (QED) is 0.206. The van der Waals surface area contributed by atoms with Gasteiger partial charge in [-0.25, -0.2) is 14.4 Å². The van der Waals surface area contributed by atoms with Crippen LogP contribution in [-0.2, 0) is 52.3 Å². The zero-order valence-electron chi connectivity index (χ0n) is 20.1. The molecule has 0 rings (SSSR count). The number of carbonyl (C=O) groups excluding carboxylic acids is 7. The highest BCUT2D eigenvalue weighted by Crippen LogP contribution is 1.85. The average molecular weight is 564 g/mol. The molecule has 0 fully saturated rings. The number of hydrogen-bond donors (Lipinski definition) is 0. The molecule has 0 atom stereocenters. The molecule has 0 amide bonds. The molecule has 0 radical (unpaired) electrons. The SMILES string of the molecule is COC(=O)CC(=O)OC.COC(=O)Cl.COC(=O)Cl.COC(=O)Cl.COC(C)=O.COC(C)=O. The molecule has 0 aromatic heterocycles. The van der Waals surface area contributed by atoms with Gasteiger partial charge in [-0.1, -0.05) is 0 Å². The van der Waals surface area contributed by atoms with Crippen LogP contribution in [0, 0.1) is 0 Å². The lowest BCUT2D eigenvalue weighted by molar-refractivity contribution is -0.151. The molecule has 0 saturated heterocycles. The average Bonchev–Trinajstić information content (AvgIpc) is 2.80. The molecule has 0 saturated carbocycles. The van der Waals surface area contributed by atoms with E-state index in [0.29, 0.717) is 0 Å². The molecule has 202 valence electrons. The van der Waals surface area contributed by atoms with Gasteiger partial charge < -0.3 is 33.2 Å². The zero-order chi connectivity index (χ0) is 28.7. The monoisotopic (exact) mass is 562 g/mol. The predicted octanol–water partition coefficient (Wildman–Crippen LogP) is 3.06. The molecule has 17 heteroatoms. The molecule has 0 N–H and O–H groups in total. The topological polar surface area (TPSA) is 184 Å². The molecule has 0 aliphatic carbocycles. The molecule has 0 heterocycles. The van der Waals surface area contributed by atoms with Crippen LogP contribution in [0.5, 0.6) is 0 Å².